The summed E-state index contributed by atoms with van der Waals surface area (Å²) in [5, 5.41) is 0. The predicted molar refractivity (Wildman–Crippen MR) is 97.3 cm³/mol. The molecule has 1 aliphatic carbocycles. The summed E-state index contributed by atoms with van der Waals surface area (Å²) < 4.78 is 0. The molecule has 4 nitrogen and oxygen atoms in total. The number of hydrogen-bond donors (Lipinski definition) is 0. The van der Waals surface area contributed by atoms with Crippen molar-refractivity contribution >= 4 is 0 Å². The van der Waals surface area contributed by atoms with Gasteiger partial charge in [-0.05, 0) is 58.8 Å². The van der Waals surface area contributed by atoms with Crippen molar-refractivity contribution in [2.45, 2.75) is 124 Å². The fourth-order valence-corrected chi connectivity index (χ4v) is 3.56. The van der Waals surface area contributed by atoms with Crippen LogP contribution in [0.4, 0.5) is 0 Å². The van der Waals surface area contributed by atoms with Crippen LogP contribution in [-0.2, 0) is 19.6 Å². The topological polar surface area (TPSA) is 36.9 Å². The van der Waals surface area contributed by atoms with Crippen molar-refractivity contribution in [1.82, 2.24) is 0 Å². The van der Waals surface area contributed by atoms with E-state index in [1.165, 1.54) is 0 Å². The molecule has 1 fully saturated rings. The third-order valence-corrected chi connectivity index (χ3v) is 4.70. The second-order valence-electron chi connectivity index (χ2n) is 9.46. The highest BCUT2D eigenvalue weighted by Gasteiger charge is 2.46. The number of hydrogen-bond acceptors (Lipinski definition) is 4. The lowest BCUT2D eigenvalue weighted by molar-refractivity contribution is -0.551. The van der Waals surface area contributed by atoms with Crippen molar-refractivity contribution < 1.29 is 19.6 Å². The summed E-state index contributed by atoms with van der Waals surface area (Å²) in [4.78, 5) is 23.6. The standard InChI is InChI=1S/C20H40O4/c1-9-12-18(5,6)21-23-20(15-11-14-17(3,4)16-20)24-22-19(7,8)13-10-2/h9-16H2,1-8H3. The molecule has 0 N–H and O–H groups in total. The second kappa shape index (κ2) is 8.48. The van der Waals surface area contributed by atoms with Crippen molar-refractivity contribution in [2.24, 2.45) is 5.41 Å². The molecule has 1 saturated carbocycles. The first-order chi connectivity index (χ1) is 10.9. The van der Waals surface area contributed by atoms with Gasteiger partial charge in [-0.25, -0.2) is 9.78 Å². The first kappa shape index (κ1) is 21.9. The zero-order valence-electron chi connectivity index (χ0n) is 17.3. The van der Waals surface area contributed by atoms with Gasteiger partial charge in [0, 0.05) is 12.8 Å². The molecule has 0 aromatic rings. The zero-order chi connectivity index (χ0) is 18.5. The van der Waals surface area contributed by atoms with Crippen molar-refractivity contribution in [2.75, 3.05) is 0 Å². The maximum Gasteiger partial charge on any atom is 0.234 e. The molecule has 1 aliphatic rings. The van der Waals surface area contributed by atoms with E-state index in [0.29, 0.717) is 0 Å². The van der Waals surface area contributed by atoms with Gasteiger partial charge in [-0.3, -0.25) is 0 Å². The normalized spacial score (nSPS) is 21.0. The fourth-order valence-electron chi connectivity index (χ4n) is 3.56. The Kier molecular flexibility index (Phi) is 7.73. The minimum absolute atomic E-state index is 0.148. The van der Waals surface area contributed by atoms with Crippen LogP contribution < -0.4 is 0 Å². The molecule has 0 aliphatic heterocycles. The molecule has 0 atom stereocenters. The minimum Gasteiger partial charge on any atom is -0.228 e. The summed E-state index contributed by atoms with van der Waals surface area (Å²) in [6, 6.07) is 0. The summed E-state index contributed by atoms with van der Waals surface area (Å²) in [5.74, 6) is -0.822. The summed E-state index contributed by atoms with van der Waals surface area (Å²) >= 11 is 0. The predicted octanol–water partition coefficient (Wildman–Crippen LogP) is 6.34. The van der Waals surface area contributed by atoms with Gasteiger partial charge in [-0.15, -0.1) is 0 Å². The first-order valence-corrected chi connectivity index (χ1v) is 9.69. The monoisotopic (exact) mass is 344 g/mol. The summed E-state index contributed by atoms with van der Waals surface area (Å²) in [6.07, 6.45) is 7.75. The Balaban J connectivity index is 2.80. The quantitative estimate of drug-likeness (QED) is 0.263. The lowest BCUT2D eigenvalue weighted by Crippen LogP contribution is -2.47. The minimum atomic E-state index is -0.822. The Bertz CT molecular complexity index is 352. The van der Waals surface area contributed by atoms with Crippen LogP contribution in [0, 0.1) is 5.41 Å². The van der Waals surface area contributed by atoms with E-state index < -0.39 is 5.79 Å². The lowest BCUT2D eigenvalue weighted by atomic mass is 9.74. The zero-order valence-corrected chi connectivity index (χ0v) is 17.3. The van der Waals surface area contributed by atoms with E-state index in [4.69, 9.17) is 19.6 Å². The van der Waals surface area contributed by atoms with E-state index in [2.05, 4.69) is 55.4 Å². The van der Waals surface area contributed by atoms with E-state index in [1.807, 2.05) is 0 Å². The van der Waals surface area contributed by atoms with Crippen LogP contribution in [0.2, 0.25) is 0 Å². The van der Waals surface area contributed by atoms with Crippen molar-refractivity contribution in [3.63, 3.8) is 0 Å². The highest BCUT2D eigenvalue weighted by molar-refractivity contribution is 4.85. The Morgan fingerprint density at radius 2 is 1.25 bits per heavy atom. The molecule has 144 valence electrons. The van der Waals surface area contributed by atoms with Crippen LogP contribution in [0.3, 0.4) is 0 Å². The van der Waals surface area contributed by atoms with Gasteiger partial charge in [0.15, 0.2) is 0 Å². The molecule has 0 radical (unpaired) electrons. The van der Waals surface area contributed by atoms with Gasteiger partial charge in [0.2, 0.25) is 5.79 Å². The maximum atomic E-state index is 5.95. The SMILES string of the molecule is CCCC(C)(C)OOC1(OOC(C)(C)CCC)CCCC(C)(C)C1. The highest BCUT2D eigenvalue weighted by atomic mass is 17.3. The van der Waals surface area contributed by atoms with Gasteiger partial charge >= 0.3 is 0 Å². The van der Waals surface area contributed by atoms with Crippen LogP contribution in [0.25, 0.3) is 0 Å². The fraction of sp³-hybridized carbons (Fsp3) is 1.00. The Hall–Kier alpha value is -0.160. The molecule has 24 heavy (non-hydrogen) atoms. The molecule has 1 rings (SSSR count). The maximum absolute atomic E-state index is 5.95. The van der Waals surface area contributed by atoms with Gasteiger partial charge in [0.05, 0.1) is 11.2 Å². The van der Waals surface area contributed by atoms with Crippen molar-refractivity contribution in [3.05, 3.63) is 0 Å². The largest absolute Gasteiger partial charge is 0.234 e. The van der Waals surface area contributed by atoms with E-state index in [9.17, 15) is 0 Å². The van der Waals surface area contributed by atoms with Gasteiger partial charge in [0.1, 0.15) is 0 Å². The van der Waals surface area contributed by atoms with Crippen LogP contribution in [0.15, 0.2) is 0 Å². The second-order valence-corrected chi connectivity index (χ2v) is 9.46. The van der Waals surface area contributed by atoms with Crippen molar-refractivity contribution in [1.29, 1.82) is 0 Å². The van der Waals surface area contributed by atoms with Gasteiger partial charge in [0.25, 0.3) is 0 Å². The van der Waals surface area contributed by atoms with E-state index in [-0.39, 0.29) is 16.6 Å². The van der Waals surface area contributed by atoms with Gasteiger partial charge in [-0.2, -0.15) is 9.78 Å². The molecule has 0 heterocycles. The molecular formula is C20H40O4. The highest BCUT2D eigenvalue weighted by Crippen LogP contribution is 2.45. The Labute approximate surface area is 149 Å². The molecule has 0 aromatic heterocycles. The molecule has 0 aromatic carbocycles. The van der Waals surface area contributed by atoms with Gasteiger partial charge in [-0.1, -0.05) is 40.5 Å². The molecule has 0 unspecified atom stereocenters. The van der Waals surface area contributed by atoms with Crippen LogP contribution in [-0.4, -0.2) is 17.0 Å². The van der Waals surface area contributed by atoms with Crippen LogP contribution >= 0.6 is 0 Å². The Morgan fingerprint density at radius 3 is 1.62 bits per heavy atom. The van der Waals surface area contributed by atoms with E-state index >= 15 is 0 Å². The molecule has 0 amide bonds. The molecule has 0 bridgehead atoms. The van der Waals surface area contributed by atoms with Crippen LogP contribution in [0.1, 0.15) is 107 Å². The number of rotatable bonds is 10. The average molecular weight is 345 g/mol. The molecule has 0 saturated heterocycles. The third kappa shape index (κ3) is 7.38. The smallest absolute Gasteiger partial charge is 0.228 e. The molecular weight excluding hydrogens is 304 g/mol. The summed E-state index contributed by atoms with van der Waals surface area (Å²) in [5.41, 5.74) is -0.508. The van der Waals surface area contributed by atoms with Crippen molar-refractivity contribution in [3.8, 4) is 0 Å². The Morgan fingerprint density at radius 1 is 0.792 bits per heavy atom. The van der Waals surface area contributed by atoms with Gasteiger partial charge < -0.3 is 0 Å². The summed E-state index contributed by atoms with van der Waals surface area (Å²) in [7, 11) is 0. The lowest BCUT2D eigenvalue weighted by Gasteiger charge is -2.44. The van der Waals surface area contributed by atoms with Crippen LogP contribution in [0.5, 0.6) is 0 Å². The third-order valence-electron chi connectivity index (χ3n) is 4.70. The molecule has 4 heteroatoms. The molecule has 0 spiro atoms. The average Bonchev–Trinajstić information content (AvgIpc) is 2.43. The van der Waals surface area contributed by atoms with E-state index in [0.717, 1.165) is 51.4 Å². The first-order valence-electron chi connectivity index (χ1n) is 9.69. The van der Waals surface area contributed by atoms with E-state index in [1.54, 1.807) is 0 Å². The summed E-state index contributed by atoms with van der Waals surface area (Å²) in [6.45, 7) is 17.0.